The number of fused-ring (bicyclic) bond motifs is 3. The lowest BCUT2D eigenvalue weighted by molar-refractivity contribution is -0.348. The van der Waals surface area contributed by atoms with Crippen LogP contribution in [-0.2, 0) is 36.3 Å². The van der Waals surface area contributed by atoms with Gasteiger partial charge < -0.3 is 4.90 Å². The topological polar surface area (TPSA) is 71.5 Å². The Morgan fingerprint density at radius 1 is 0.889 bits per heavy atom. The van der Waals surface area contributed by atoms with Gasteiger partial charge in [-0.05, 0) is 115 Å². The molecular weight excluding hydrogens is 742 g/mol. The van der Waals surface area contributed by atoms with E-state index in [0.717, 1.165) is 9.64 Å². The van der Waals surface area contributed by atoms with Gasteiger partial charge in [0, 0.05) is 27.5 Å². The molecule has 1 heterocycles. The molecule has 1 aliphatic heterocycles. The van der Waals surface area contributed by atoms with Gasteiger partial charge in [0.25, 0.3) is 0 Å². The molecule has 3 aliphatic carbocycles. The van der Waals surface area contributed by atoms with Crippen LogP contribution in [0.4, 0.5) is 30.7 Å². The van der Waals surface area contributed by atoms with Gasteiger partial charge in [0.05, 0.1) is 10.9 Å². The van der Waals surface area contributed by atoms with Crippen LogP contribution in [0.5, 0.6) is 0 Å². The van der Waals surface area contributed by atoms with Crippen molar-refractivity contribution in [2.45, 2.75) is 85.6 Å². The number of rotatable bonds is 5. The van der Waals surface area contributed by atoms with Gasteiger partial charge in [-0.3, -0.25) is 9.59 Å². The van der Waals surface area contributed by atoms with Crippen LogP contribution in [0.1, 0.15) is 62.1 Å². The fraction of sp³-hybridized carbons (Fsp3) is 0.548. The summed E-state index contributed by atoms with van der Waals surface area (Å²) in [6.07, 6.45) is -10.4. The van der Waals surface area contributed by atoms with Crippen LogP contribution in [0.25, 0.3) is 0 Å². The first-order valence-electron chi connectivity index (χ1n) is 14.5. The molecule has 6 rings (SSSR count). The lowest BCUT2D eigenvalue weighted by Gasteiger charge is -2.57. The van der Waals surface area contributed by atoms with Crippen LogP contribution < -0.4 is 0 Å². The van der Waals surface area contributed by atoms with Crippen molar-refractivity contribution in [3.05, 3.63) is 62.7 Å². The summed E-state index contributed by atoms with van der Waals surface area (Å²) in [5.41, 5.74) is -7.55. The highest BCUT2D eigenvalue weighted by atomic mass is 127. The van der Waals surface area contributed by atoms with Crippen LogP contribution >= 0.6 is 22.6 Å². The summed E-state index contributed by atoms with van der Waals surface area (Å²) in [6, 6.07) is 6.69. The van der Waals surface area contributed by atoms with Gasteiger partial charge in [0.2, 0.25) is 5.91 Å². The van der Waals surface area contributed by atoms with Crippen molar-refractivity contribution < 1.29 is 48.7 Å². The van der Waals surface area contributed by atoms with E-state index in [-0.39, 0.29) is 70.8 Å². The molecule has 1 saturated heterocycles. The van der Waals surface area contributed by atoms with E-state index < -0.39 is 44.2 Å². The Morgan fingerprint density at radius 2 is 1.47 bits per heavy atom. The number of hydrogen-bond donors (Lipinski definition) is 0. The molecule has 4 aliphatic rings. The Labute approximate surface area is 269 Å². The maximum absolute atomic E-state index is 15.0. The van der Waals surface area contributed by atoms with E-state index in [9.17, 15) is 44.3 Å². The third-order valence-electron chi connectivity index (χ3n) is 10.6. The summed E-state index contributed by atoms with van der Waals surface area (Å²) in [5, 5.41) is 0. The molecule has 0 N–H and O–H groups in total. The van der Waals surface area contributed by atoms with Crippen molar-refractivity contribution >= 4 is 44.1 Å². The van der Waals surface area contributed by atoms with Crippen molar-refractivity contribution in [1.29, 1.82) is 0 Å². The number of ketones is 1. The zero-order chi connectivity index (χ0) is 33.0. The number of hydrogen-bond acceptors (Lipinski definition) is 4. The lowest BCUT2D eigenvalue weighted by atomic mass is 9.47. The van der Waals surface area contributed by atoms with Crippen molar-refractivity contribution in [1.82, 2.24) is 4.90 Å². The Balaban J connectivity index is 1.41. The van der Waals surface area contributed by atoms with Crippen LogP contribution in [0.15, 0.2) is 47.4 Å². The number of carbonyl (C=O) groups is 2. The molecule has 244 valence electrons. The molecule has 14 heteroatoms. The molecule has 0 bridgehead atoms. The molecule has 45 heavy (non-hydrogen) atoms. The van der Waals surface area contributed by atoms with E-state index in [4.69, 9.17) is 0 Å². The number of Topliss-reactive ketones (excluding diaryl/α,β-unsaturated/α-hetero) is 1. The number of amides is 1. The number of sulfone groups is 1. The van der Waals surface area contributed by atoms with Gasteiger partial charge in [0.1, 0.15) is 10.5 Å². The minimum absolute atomic E-state index is 0.0166. The van der Waals surface area contributed by atoms with Crippen LogP contribution in [0.2, 0.25) is 0 Å². The summed E-state index contributed by atoms with van der Waals surface area (Å²) in [5.74, 6) is -0.519. The SMILES string of the molecule is CC(=O)C1CC2(C1)CC(C(=O)N1CC[C@@]3(S(=O)(=O)c4ccc(I)cc4)c4ccc(C(F)(C(F)(F)F)C(F)(F)F)cc4CC[C@@H]13)C2. The van der Waals surface area contributed by atoms with E-state index >= 15 is 4.39 Å². The van der Waals surface area contributed by atoms with Gasteiger partial charge in [-0.1, -0.05) is 18.2 Å². The monoisotopic (exact) mass is 771 g/mol. The van der Waals surface area contributed by atoms with Crippen molar-refractivity contribution in [2.24, 2.45) is 17.3 Å². The average Bonchev–Trinajstić information content (AvgIpc) is 3.31. The van der Waals surface area contributed by atoms with Gasteiger partial charge in [-0.15, -0.1) is 0 Å². The minimum atomic E-state index is -6.32. The average molecular weight is 772 g/mol. The molecule has 2 saturated carbocycles. The third-order valence-corrected chi connectivity index (χ3v) is 13.9. The molecule has 2 atom stereocenters. The van der Waals surface area contributed by atoms with E-state index in [2.05, 4.69) is 0 Å². The predicted molar refractivity (Wildman–Crippen MR) is 156 cm³/mol. The molecule has 0 unspecified atom stereocenters. The Kier molecular flexibility index (Phi) is 7.55. The first-order chi connectivity index (χ1) is 20.8. The molecule has 5 nitrogen and oxygen atoms in total. The van der Waals surface area contributed by atoms with E-state index in [0.29, 0.717) is 37.8 Å². The number of aryl methyl sites for hydroxylation is 1. The van der Waals surface area contributed by atoms with Crippen LogP contribution in [0.3, 0.4) is 0 Å². The number of benzene rings is 2. The van der Waals surface area contributed by atoms with Crippen molar-refractivity contribution in [3.63, 3.8) is 0 Å². The molecule has 0 aromatic heterocycles. The fourth-order valence-electron chi connectivity index (χ4n) is 8.32. The van der Waals surface area contributed by atoms with E-state index in [1.54, 1.807) is 19.1 Å². The number of likely N-dealkylation sites (tertiary alicyclic amines) is 1. The van der Waals surface area contributed by atoms with Crippen molar-refractivity contribution in [3.8, 4) is 0 Å². The first-order valence-corrected chi connectivity index (χ1v) is 17.1. The number of halogens is 8. The Morgan fingerprint density at radius 3 is 2.02 bits per heavy atom. The second-order valence-electron chi connectivity index (χ2n) is 13.0. The van der Waals surface area contributed by atoms with Crippen LogP contribution in [-0.4, -0.2) is 49.9 Å². The number of nitrogens with zero attached hydrogens (tertiary/aromatic N) is 1. The van der Waals surface area contributed by atoms with Gasteiger partial charge in [-0.25, -0.2) is 12.8 Å². The van der Waals surface area contributed by atoms with Crippen molar-refractivity contribution in [2.75, 3.05) is 6.54 Å². The number of carbonyl (C=O) groups excluding carboxylic acids is 2. The van der Waals surface area contributed by atoms with Gasteiger partial charge in [-0.2, -0.15) is 26.3 Å². The number of alkyl halides is 7. The smallest absolute Gasteiger partial charge is 0.337 e. The molecular formula is C31H29F7INO4S. The van der Waals surface area contributed by atoms with Gasteiger partial charge >= 0.3 is 18.0 Å². The highest BCUT2D eigenvalue weighted by Crippen LogP contribution is 2.63. The second kappa shape index (κ2) is 10.4. The molecule has 1 amide bonds. The van der Waals surface area contributed by atoms with E-state index in [1.165, 1.54) is 17.0 Å². The Hall–Kier alpha value is -2.23. The highest BCUT2D eigenvalue weighted by molar-refractivity contribution is 14.1. The first kappa shape index (κ1) is 32.7. The predicted octanol–water partition coefficient (Wildman–Crippen LogP) is 7.19. The van der Waals surface area contributed by atoms with Gasteiger partial charge in [0.15, 0.2) is 9.84 Å². The molecule has 0 radical (unpaired) electrons. The lowest BCUT2D eigenvalue weighted by Crippen LogP contribution is -2.57. The molecule has 1 spiro atoms. The molecule has 3 fully saturated rings. The third kappa shape index (κ3) is 4.68. The molecule has 2 aromatic carbocycles. The Bertz CT molecular complexity index is 1650. The zero-order valence-corrected chi connectivity index (χ0v) is 26.9. The largest absolute Gasteiger partial charge is 0.435 e. The maximum Gasteiger partial charge on any atom is 0.435 e. The van der Waals surface area contributed by atoms with Crippen LogP contribution in [0, 0.1) is 20.8 Å². The zero-order valence-electron chi connectivity index (χ0n) is 23.9. The quantitative estimate of drug-likeness (QED) is 0.239. The summed E-state index contributed by atoms with van der Waals surface area (Å²) in [6.45, 7) is 1.56. The fourth-order valence-corrected chi connectivity index (χ4v) is 11.0. The minimum Gasteiger partial charge on any atom is -0.337 e. The normalized spacial score (nSPS) is 29.9. The summed E-state index contributed by atoms with van der Waals surface area (Å²) in [4.78, 5) is 27.0. The summed E-state index contributed by atoms with van der Waals surface area (Å²) >= 11 is 1.99. The maximum atomic E-state index is 15.0. The highest BCUT2D eigenvalue weighted by Gasteiger charge is 2.74. The molecule has 2 aromatic rings. The second-order valence-corrected chi connectivity index (χ2v) is 16.5. The standard InChI is InChI=1S/C31H29F7INO4S/c1-17(41)19-13-27(14-19)15-20(16-27)26(42)40-11-10-28(45(43,44)23-6-4-22(39)5-7-23)24-8-3-21(12-18(24)2-9-25(28)40)29(32,30(33,34)35)31(36,37)38/h3-8,12,19-20,25H,2,9-11,13-16H2,1H3/t19?,20?,25-,27?,28-/m1/s1. The summed E-state index contributed by atoms with van der Waals surface area (Å²) in [7, 11) is -4.38. The van der Waals surface area contributed by atoms with E-state index in [1.807, 2.05) is 22.6 Å². The summed E-state index contributed by atoms with van der Waals surface area (Å²) < 4.78 is 125.